The molecule has 0 unspecified atom stereocenters. The summed E-state index contributed by atoms with van der Waals surface area (Å²) < 4.78 is 0. The molecule has 0 amide bonds. The second-order valence-electron chi connectivity index (χ2n) is 9.37. The molecular weight excluding hydrogens is 430 g/mol. The van der Waals surface area contributed by atoms with Crippen molar-refractivity contribution in [2.75, 3.05) is 18.4 Å². The summed E-state index contributed by atoms with van der Waals surface area (Å²) in [5.41, 5.74) is 8.83. The molecule has 1 saturated heterocycles. The summed E-state index contributed by atoms with van der Waals surface area (Å²) >= 11 is 0. The number of nitriles is 1. The number of hydrogen-bond acceptors (Lipinski definition) is 4. The Morgan fingerprint density at radius 1 is 1.03 bits per heavy atom. The number of aromatic nitrogens is 2. The number of piperidine rings is 1. The highest BCUT2D eigenvalue weighted by atomic mass is 15.1. The molecule has 1 aliphatic rings. The van der Waals surface area contributed by atoms with Crippen LogP contribution in [0.1, 0.15) is 52.8 Å². The Morgan fingerprint density at radius 3 is 2.60 bits per heavy atom. The zero-order chi connectivity index (χ0) is 24.2. The molecule has 0 bridgehead atoms. The molecule has 2 aromatic heterocycles. The third-order valence-electron chi connectivity index (χ3n) is 6.98. The van der Waals surface area contributed by atoms with Crippen molar-refractivity contribution in [3.63, 3.8) is 0 Å². The fraction of sp³-hybridized carbons (Fsp3) is 0.267. The Kier molecular flexibility index (Phi) is 6.65. The maximum Gasteiger partial charge on any atom is 0.103 e. The van der Waals surface area contributed by atoms with Crippen molar-refractivity contribution in [1.82, 2.24) is 14.9 Å². The van der Waals surface area contributed by atoms with Gasteiger partial charge in [-0.15, -0.1) is 0 Å². The Balaban J connectivity index is 1.41. The SMILES string of the molecule is Cc1ncc(C#N)c(Nc2ccc3[nH]ccc3c2C)c1C=Cc1ccc(CN2CCCCC2)cc1. The van der Waals surface area contributed by atoms with Crippen LogP contribution >= 0.6 is 0 Å². The van der Waals surface area contributed by atoms with Gasteiger partial charge in [0.15, 0.2) is 0 Å². The number of rotatable bonds is 6. The Hall–Kier alpha value is -3.88. The van der Waals surface area contributed by atoms with Gasteiger partial charge in [0, 0.05) is 46.8 Å². The minimum atomic E-state index is 0.528. The second-order valence-corrected chi connectivity index (χ2v) is 9.37. The molecule has 2 N–H and O–H groups in total. The molecule has 3 heterocycles. The average Bonchev–Trinajstić information content (AvgIpc) is 3.37. The van der Waals surface area contributed by atoms with Gasteiger partial charge in [-0.2, -0.15) is 5.26 Å². The van der Waals surface area contributed by atoms with Gasteiger partial charge < -0.3 is 10.3 Å². The maximum atomic E-state index is 9.81. The smallest absolute Gasteiger partial charge is 0.103 e. The van der Waals surface area contributed by atoms with E-state index in [1.54, 1.807) is 6.20 Å². The van der Waals surface area contributed by atoms with Crippen molar-refractivity contribution < 1.29 is 0 Å². The van der Waals surface area contributed by atoms with Gasteiger partial charge >= 0.3 is 0 Å². The van der Waals surface area contributed by atoms with Crippen LogP contribution in [0.15, 0.2) is 54.9 Å². The van der Waals surface area contributed by atoms with Gasteiger partial charge in [0.05, 0.1) is 11.3 Å². The first-order chi connectivity index (χ1) is 17.1. The van der Waals surface area contributed by atoms with E-state index in [-0.39, 0.29) is 0 Å². The van der Waals surface area contributed by atoms with Crippen molar-refractivity contribution in [1.29, 1.82) is 5.26 Å². The van der Waals surface area contributed by atoms with Crippen molar-refractivity contribution in [2.45, 2.75) is 39.7 Å². The van der Waals surface area contributed by atoms with Crippen LogP contribution in [-0.2, 0) is 6.54 Å². The quantitative estimate of drug-likeness (QED) is 0.326. The number of aryl methyl sites for hydroxylation is 2. The monoisotopic (exact) mass is 461 g/mol. The van der Waals surface area contributed by atoms with Gasteiger partial charge in [-0.25, -0.2) is 0 Å². The summed E-state index contributed by atoms with van der Waals surface area (Å²) in [6, 6.07) is 17.3. The van der Waals surface area contributed by atoms with Crippen molar-refractivity contribution in [3.05, 3.63) is 88.4 Å². The summed E-state index contributed by atoms with van der Waals surface area (Å²) in [6.45, 7) is 7.51. The van der Waals surface area contributed by atoms with Gasteiger partial charge in [-0.05, 0) is 74.7 Å². The maximum absolute atomic E-state index is 9.81. The Labute approximate surface area is 207 Å². The van der Waals surface area contributed by atoms with E-state index < -0.39 is 0 Å². The predicted octanol–water partition coefficient (Wildman–Crippen LogP) is 6.95. The normalized spacial score (nSPS) is 14.4. The van der Waals surface area contributed by atoms with Gasteiger partial charge in [0.2, 0.25) is 0 Å². The Morgan fingerprint density at radius 2 is 1.83 bits per heavy atom. The molecule has 2 aromatic carbocycles. The highest BCUT2D eigenvalue weighted by molar-refractivity contribution is 5.90. The average molecular weight is 462 g/mol. The zero-order valence-electron chi connectivity index (χ0n) is 20.4. The largest absolute Gasteiger partial charge is 0.361 e. The molecule has 1 fully saturated rings. The molecular formula is C30H31N5. The van der Waals surface area contributed by atoms with E-state index in [9.17, 15) is 5.26 Å². The van der Waals surface area contributed by atoms with Gasteiger partial charge in [0.1, 0.15) is 6.07 Å². The van der Waals surface area contributed by atoms with Crippen LogP contribution in [-0.4, -0.2) is 28.0 Å². The summed E-state index contributed by atoms with van der Waals surface area (Å²) in [4.78, 5) is 10.3. The number of fused-ring (bicyclic) bond motifs is 1. The number of aromatic amines is 1. The van der Waals surface area contributed by atoms with E-state index in [0.717, 1.165) is 45.8 Å². The van der Waals surface area contributed by atoms with Crippen molar-refractivity contribution >= 4 is 34.4 Å². The van der Waals surface area contributed by atoms with Crippen LogP contribution in [0.3, 0.4) is 0 Å². The van der Waals surface area contributed by atoms with E-state index in [0.29, 0.717) is 5.56 Å². The van der Waals surface area contributed by atoms with E-state index >= 15 is 0 Å². The summed E-state index contributed by atoms with van der Waals surface area (Å²) in [5.74, 6) is 0. The third kappa shape index (κ3) is 4.99. The number of nitrogens with zero attached hydrogens (tertiary/aromatic N) is 3. The fourth-order valence-corrected chi connectivity index (χ4v) is 4.89. The van der Waals surface area contributed by atoms with Crippen LogP contribution in [0, 0.1) is 25.2 Å². The molecule has 4 aromatic rings. The molecule has 0 saturated carbocycles. The lowest BCUT2D eigenvalue weighted by atomic mass is 10.0. The minimum absolute atomic E-state index is 0.528. The van der Waals surface area contributed by atoms with Crippen molar-refractivity contribution in [3.8, 4) is 6.07 Å². The Bertz CT molecular complexity index is 1400. The number of H-pyrrole nitrogens is 1. The summed E-state index contributed by atoms with van der Waals surface area (Å²) in [7, 11) is 0. The van der Waals surface area contributed by atoms with Gasteiger partial charge in [-0.1, -0.05) is 42.8 Å². The number of benzene rings is 2. The summed E-state index contributed by atoms with van der Waals surface area (Å²) in [6.07, 6.45) is 11.7. The van der Waals surface area contributed by atoms with Crippen LogP contribution < -0.4 is 5.32 Å². The molecule has 5 heteroatoms. The van der Waals surface area contributed by atoms with E-state index in [1.807, 2.05) is 13.1 Å². The molecule has 0 atom stereocenters. The number of pyridine rings is 1. The molecule has 5 nitrogen and oxygen atoms in total. The number of hydrogen-bond donors (Lipinski definition) is 2. The lowest BCUT2D eigenvalue weighted by Crippen LogP contribution is -2.28. The lowest BCUT2D eigenvalue weighted by Gasteiger charge is -2.26. The zero-order valence-corrected chi connectivity index (χ0v) is 20.4. The van der Waals surface area contributed by atoms with E-state index in [1.165, 1.54) is 43.3 Å². The lowest BCUT2D eigenvalue weighted by molar-refractivity contribution is 0.221. The van der Waals surface area contributed by atoms with Crippen LogP contribution in [0.5, 0.6) is 0 Å². The molecule has 1 aliphatic heterocycles. The standard InChI is InChI=1S/C30H31N5/c1-21-26-14-15-32-29(26)13-12-28(21)34-30-25(18-31)19-33-22(2)27(30)11-10-23-6-8-24(9-7-23)20-35-16-4-3-5-17-35/h6-15,19,32H,3-5,16-17,20H2,1-2H3,(H,33,34). The molecule has 0 spiro atoms. The molecule has 5 rings (SSSR count). The van der Waals surface area contributed by atoms with E-state index in [2.05, 4.69) is 87.8 Å². The highest BCUT2D eigenvalue weighted by Crippen LogP contribution is 2.32. The number of likely N-dealkylation sites (tertiary alicyclic amines) is 1. The molecule has 35 heavy (non-hydrogen) atoms. The molecule has 0 aliphatic carbocycles. The minimum Gasteiger partial charge on any atom is -0.361 e. The first-order valence-electron chi connectivity index (χ1n) is 12.3. The van der Waals surface area contributed by atoms with Gasteiger partial charge in [0.25, 0.3) is 0 Å². The van der Waals surface area contributed by atoms with Crippen LogP contribution in [0.25, 0.3) is 23.1 Å². The highest BCUT2D eigenvalue weighted by Gasteiger charge is 2.14. The number of anilines is 2. The fourth-order valence-electron chi connectivity index (χ4n) is 4.89. The van der Waals surface area contributed by atoms with Crippen LogP contribution in [0.2, 0.25) is 0 Å². The number of nitrogens with one attached hydrogen (secondary N) is 2. The predicted molar refractivity (Wildman–Crippen MR) is 145 cm³/mol. The summed E-state index contributed by atoms with van der Waals surface area (Å²) in [5, 5.41) is 14.5. The second kappa shape index (κ2) is 10.2. The molecule has 0 radical (unpaired) electrons. The molecule has 176 valence electrons. The first-order valence-corrected chi connectivity index (χ1v) is 12.3. The third-order valence-corrected chi connectivity index (χ3v) is 6.98. The van der Waals surface area contributed by atoms with Gasteiger partial charge in [-0.3, -0.25) is 9.88 Å². The first kappa shape index (κ1) is 22.9. The van der Waals surface area contributed by atoms with E-state index in [4.69, 9.17) is 0 Å². The van der Waals surface area contributed by atoms with Crippen LogP contribution in [0.4, 0.5) is 11.4 Å². The van der Waals surface area contributed by atoms with Crippen molar-refractivity contribution in [2.24, 2.45) is 0 Å². The topological polar surface area (TPSA) is 67.7 Å².